The van der Waals surface area contributed by atoms with Crippen LogP contribution in [0.2, 0.25) is 0 Å². The van der Waals surface area contributed by atoms with Crippen LogP contribution in [0.3, 0.4) is 0 Å². The smallest absolute Gasteiger partial charge is 0.230 e. The van der Waals surface area contributed by atoms with Crippen LogP contribution >= 0.6 is 0 Å². The van der Waals surface area contributed by atoms with Crippen LogP contribution in [0.15, 0.2) is 18.2 Å². The number of fused-ring (bicyclic) bond motifs is 3. The number of aliphatic carboxylic acids is 1. The number of amides is 1. The molecule has 2 heterocycles. The normalized spacial score (nSPS) is 32.0. The van der Waals surface area contributed by atoms with Gasteiger partial charge >= 0.3 is 0 Å². The molecule has 1 amide bonds. The van der Waals surface area contributed by atoms with Crippen LogP contribution in [-0.4, -0.2) is 24.1 Å². The van der Waals surface area contributed by atoms with Crippen molar-refractivity contribution in [2.75, 3.05) is 5.32 Å². The number of anilines is 1. The summed E-state index contributed by atoms with van der Waals surface area (Å²) >= 11 is 0. The topological polar surface area (TPSA) is 78.5 Å². The van der Waals surface area contributed by atoms with Gasteiger partial charge in [-0.25, -0.2) is 0 Å². The molecule has 116 valence electrons. The van der Waals surface area contributed by atoms with E-state index in [2.05, 4.69) is 5.32 Å². The second kappa shape index (κ2) is 5.09. The lowest BCUT2D eigenvalue weighted by Crippen LogP contribution is -2.46. The SMILES string of the molecule is O=C([O-])C1C2CCC(O2)C1C(=O)Nc1ccc2c(c1)CCC2. The predicted octanol–water partition coefficient (Wildman–Crippen LogP) is 0.657. The van der Waals surface area contributed by atoms with E-state index in [9.17, 15) is 14.7 Å². The van der Waals surface area contributed by atoms with Gasteiger partial charge in [-0.3, -0.25) is 4.79 Å². The van der Waals surface area contributed by atoms with Crippen molar-refractivity contribution in [1.29, 1.82) is 0 Å². The maximum atomic E-state index is 12.5. The third-order valence-electron chi connectivity index (χ3n) is 5.21. The number of hydrogen-bond acceptors (Lipinski definition) is 4. The summed E-state index contributed by atoms with van der Waals surface area (Å²) in [5.74, 6) is -2.91. The molecule has 4 unspecified atom stereocenters. The lowest BCUT2D eigenvalue weighted by molar-refractivity contribution is -0.313. The molecule has 5 heteroatoms. The van der Waals surface area contributed by atoms with Crippen LogP contribution < -0.4 is 10.4 Å². The van der Waals surface area contributed by atoms with Crippen LogP contribution in [0.4, 0.5) is 5.69 Å². The third-order valence-corrected chi connectivity index (χ3v) is 5.21. The van der Waals surface area contributed by atoms with Gasteiger partial charge in [0.2, 0.25) is 5.91 Å². The van der Waals surface area contributed by atoms with Gasteiger partial charge in [0.25, 0.3) is 0 Å². The first-order valence-electron chi connectivity index (χ1n) is 7.92. The van der Waals surface area contributed by atoms with Crippen LogP contribution in [-0.2, 0) is 27.2 Å². The Bertz CT molecular complexity index is 642. The van der Waals surface area contributed by atoms with Crippen molar-refractivity contribution in [3.63, 3.8) is 0 Å². The first-order chi connectivity index (χ1) is 10.6. The molecule has 0 aromatic heterocycles. The van der Waals surface area contributed by atoms with E-state index < -0.39 is 17.8 Å². The van der Waals surface area contributed by atoms with E-state index in [-0.39, 0.29) is 18.1 Å². The summed E-state index contributed by atoms with van der Waals surface area (Å²) in [6.07, 6.45) is 4.07. The van der Waals surface area contributed by atoms with Gasteiger partial charge in [0.15, 0.2) is 0 Å². The van der Waals surface area contributed by atoms with E-state index in [4.69, 9.17) is 4.74 Å². The molecular weight excluding hydrogens is 282 g/mol. The number of rotatable bonds is 3. The molecule has 1 aliphatic carbocycles. The lowest BCUT2D eigenvalue weighted by atomic mass is 9.78. The van der Waals surface area contributed by atoms with E-state index in [1.54, 1.807) is 0 Å². The molecule has 22 heavy (non-hydrogen) atoms. The number of carboxylic acids is 1. The standard InChI is InChI=1S/C17H19NO4/c19-16(14-12-6-7-13(22-12)15(14)17(20)21)18-11-5-4-9-2-1-3-10(9)8-11/h4-5,8,12-15H,1-3,6-7H2,(H,18,19)(H,20,21)/p-1. The van der Waals surface area contributed by atoms with Crippen molar-refractivity contribution >= 4 is 17.6 Å². The zero-order valence-corrected chi connectivity index (χ0v) is 12.2. The third kappa shape index (κ3) is 2.11. The maximum Gasteiger partial charge on any atom is 0.230 e. The van der Waals surface area contributed by atoms with E-state index in [1.807, 2.05) is 18.2 Å². The minimum absolute atomic E-state index is 0.264. The molecule has 2 aliphatic heterocycles. The average molecular weight is 300 g/mol. The highest BCUT2D eigenvalue weighted by atomic mass is 16.5. The van der Waals surface area contributed by atoms with Gasteiger partial charge in [-0.2, -0.15) is 0 Å². The minimum atomic E-state index is -1.18. The van der Waals surface area contributed by atoms with Crippen molar-refractivity contribution < 1.29 is 19.4 Å². The molecule has 3 aliphatic rings. The Hall–Kier alpha value is -1.88. The molecule has 0 saturated carbocycles. The zero-order valence-electron chi connectivity index (χ0n) is 12.2. The van der Waals surface area contributed by atoms with Crippen molar-refractivity contribution in [2.45, 2.75) is 44.3 Å². The monoisotopic (exact) mass is 300 g/mol. The Kier molecular flexibility index (Phi) is 3.18. The summed E-state index contributed by atoms with van der Waals surface area (Å²) in [7, 11) is 0. The van der Waals surface area contributed by atoms with Crippen LogP contribution in [0.1, 0.15) is 30.4 Å². The predicted molar refractivity (Wildman–Crippen MR) is 77.0 cm³/mol. The molecule has 4 atom stereocenters. The molecule has 2 bridgehead atoms. The Morgan fingerprint density at radius 1 is 1.09 bits per heavy atom. The highest BCUT2D eigenvalue weighted by molar-refractivity contribution is 5.96. The van der Waals surface area contributed by atoms with Crippen LogP contribution in [0, 0.1) is 11.8 Å². The fourth-order valence-electron chi connectivity index (χ4n) is 4.19. The molecule has 5 nitrogen and oxygen atoms in total. The van der Waals surface area contributed by atoms with Gasteiger partial charge in [-0.15, -0.1) is 0 Å². The molecule has 1 N–H and O–H groups in total. The quantitative estimate of drug-likeness (QED) is 0.889. The Labute approximate surface area is 128 Å². The van der Waals surface area contributed by atoms with Crippen LogP contribution in [0.5, 0.6) is 0 Å². The molecule has 4 rings (SSSR count). The van der Waals surface area contributed by atoms with Gasteiger partial charge in [0, 0.05) is 17.6 Å². The number of hydrogen-bond donors (Lipinski definition) is 1. The molecule has 0 spiro atoms. The van der Waals surface area contributed by atoms with Gasteiger partial charge in [-0.1, -0.05) is 6.07 Å². The molecule has 2 saturated heterocycles. The van der Waals surface area contributed by atoms with E-state index in [0.717, 1.165) is 31.4 Å². The number of carboxylic acid groups (broad SMARTS) is 1. The fraction of sp³-hybridized carbons (Fsp3) is 0.529. The molecule has 1 aromatic carbocycles. The molecular formula is C17H18NO4-. The largest absolute Gasteiger partial charge is 0.550 e. The number of nitrogens with one attached hydrogen (secondary N) is 1. The van der Waals surface area contributed by atoms with E-state index >= 15 is 0 Å². The number of aryl methyl sites for hydroxylation is 2. The van der Waals surface area contributed by atoms with Gasteiger partial charge in [0.1, 0.15) is 0 Å². The molecule has 1 aromatic rings. The van der Waals surface area contributed by atoms with Crippen LogP contribution in [0.25, 0.3) is 0 Å². The van der Waals surface area contributed by atoms with Crippen molar-refractivity contribution in [3.05, 3.63) is 29.3 Å². The minimum Gasteiger partial charge on any atom is -0.550 e. The molecule has 2 fully saturated rings. The Morgan fingerprint density at radius 3 is 2.59 bits per heavy atom. The summed E-state index contributed by atoms with van der Waals surface area (Å²) in [5.41, 5.74) is 3.36. The highest BCUT2D eigenvalue weighted by Gasteiger charge is 2.52. The Morgan fingerprint density at radius 2 is 1.82 bits per heavy atom. The molecule has 0 radical (unpaired) electrons. The highest BCUT2D eigenvalue weighted by Crippen LogP contribution is 2.43. The summed E-state index contributed by atoms with van der Waals surface area (Å²) in [6, 6.07) is 5.94. The number of ether oxygens (including phenoxy) is 1. The Balaban J connectivity index is 1.53. The second-order valence-corrected chi connectivity index (χ2v) is 6.49. The van der Waals surface area contributed by atoms with Gasteiger partial charge in [0.05, 0.1) is 18.1 Å². The lowest BCUT2D eigenvalue weighted by Gasteiger charge is -2.27. The van der Waals surface area contributed by atoms with Crippen molar-refractivity contribution in [3.8, 4) is 0 Å². The number of benzene rings is 1. The second-order valence-electron chi connectivity index (χ2n) is 6.49. The summed E-state index contributed by atoms with van der Waals surface area (Å²) < 4.78 is 5.61. The first-order valence-corrected chi connectivity index (χ1v) is 7.92. The first kappa shape index (κ1) is 13.8. The van der Waals surface area contributed by atoms with E-state index in [1.165, 1.54) is 11.1 Å². The summed E-state index contributed by atoms with van der Waals surface area (Å²) in [6.45, 7) is 0. The van der Waals surface area contributed by atoms with Gasteiger partial charge < -0.3 is 20.0 Å². The zero-order chi connectivity index (χ0) is 15.3. The fourth-order valence-corrected chi connectivity index (χ4v) is 4.19. The summed E-state index contributed by atoms with van der Waals surface area (Å²) in [4.78, 5) is 23.9. The van der Waals surface area contributed by atoms with Gasteiger partial charge in [-0.05, 0) is 55.4 Å². The average Bonchev–Trinajstić information content (AvgIpc) is 3.20. The summed E-state index contributed by atoms with van der Waals surface area (Å²) in [5, 5.41) is 14.2. The van der Waals surface area contributed by atoms with E-state index in [0.29, 0.717) is 6.42 Å². The van der Waals surface area contributed by atoms with Crippen molar-refractivity contribution in [2.24, 2.45) is 11.8 Å². The van der Waals surface area contributed by atoms with Crippen molar-refractivity contribution in [1.82, 2.24) is 0 Å². The number of carbonyl (C=O) groups excluding carboxylic acids is 2. The number of carbonyl (C=O) groups is 2. The maximum absolute atomic E-state index is 12.5.